The first kappa shape index (κ1) is 64.3. The number of benzene rings is 5. The largest absolute Gasteiger partial charge is 0.495 e. The van der Waals surface area contributed by atoms with Gasteiger partial charge in [0.25, 0.3) is 0 Å². The topological polar surface area (TPSA) is 268 Å². The van der Waals surface area contributed by atoms with Gasteiger partial charge in [-0.3, -0.25) is 0 Å². The normalized spacial score (nSPS) is 16.3. The Morgan fingerprint density at radius 3 is 1.34 bits per heavy atom. The second kappa shape index (κ2) is 29.7. The molecule has 0 unspecified atom stereocenters. The van der Waals surface area contributed by atoms with Crippen LogP contribution in [0, 0.1) is 34.0 Å². The molecule has 0 atom stereocenters. The van der Waals surface area contributed by atoms with Crippen molar-refractivity contribution >= 4 is 92.2 Å². The summed E-state index contributed by atoms with van der Waals surface area (Å²) in [5.41, 5.74) is 20.2. The summed E-state index contributed by atoms with van der Waals surface area (Å²) >= 11 is 16.5. The summed E-state index contributed by atoms with van der Waals surface area (Å²) in [6.07, 6.45) is 10.5. The smallest absolute Gasteiger partial charge is 0.229 e. The third kappa shape index (κ3) is 17.5. The summed E-state index contributed by atoms with van der Waals surface area (Å²) < 4.78 is 11.1. The Balaban J connectivity index is 0.000000145. The lowest BCUT2D eigenvalue weighted by Crippen LogP contribution is -2.44. The van der Waals surface area contributed by atoms with Crippen LogP contribution in [0.5, 0.6) is 11.5 Å². The summed E-state index contributed by atoms with van der Waals surface area (Å²) in [5.74, 6) is 3.50. The fourth-order valence-electron chi connectivity index (χ4n) is 10.1. The number of hydrogen-bond acceptors (Lipinski definition) is 20. The molecule has 5 aromatic carbocycles. The molecule has 5 fully saturated rings. The van der Waals surface area contributed by atoms with Crippen molar-refractivity contribution in [1.82, 2.24) is 39.7 Å². The maximum atomic E-state index is 9.49. The van der Waals surface area contributed by atoms with Gasteiger partial charge in [-0.2, -0.15) is 20.8 Å². The van der Waals surface area contributed by atoms with E-state index < -0.39 is 0 Å². The molecule has 8 aromatic rings. The highest BCUT2D eigenvalue weighted by molar-refractivity contribution is 6.31. The molecular weight excluding hydrogens is 1180 g/mol. The van der Waals surface area contributed by atoms with E-state index in [9.17, 15) is 10.5 Å². The Hall–Kier alpha value is -9.20. The van der Waals surface area contributed by atoms with Gasteiger partial charge in [-0.15, -0.1) is 0 Å². The van der Waals surface area contributed by atoms with Gasteiger partial charge in [-0.05, 0) is 171 Å². The third-order valence-electron chi connectivity index (χ3n) is 15.9. The first-order valence-corrected chi connectivity index (χ1v) is 30.3. The van der Waals surface area contributed by atoms with Crippen LogP contribution in [0.15, 0.2) is 146 Å². The number of piperazine rings is 2. The maximum Gasteiger partial charge on any atom is 0.229 e. The number of hydrogen-bond donors (Lipinski definition) is 5. The van der Waals surface area contributed by atoms with Gasteiger partial charge in [-0.1, -0.05) is 48.0 Å². The van der Waals surface area contributed by atoms with Crippen LogP contribution in [0.4, 0.5) is 57.4 Å². The van der Waals surface area contributed by atoms with Crippen molar-refractivity contribution in [1.29, 1.82) is 15.8 Å². The van der Waals surface area contributed by atoms with E-state index >= 15 is 0 Å². The van der Waals surface area contributed by atoms with Gasteiger partial charge < -0.3 is 56.5 Å². The van der Waals surface area contributed by atoms with Crippen molar-refractivity contribution in [2.45, 2.75) is 54.8 Å². The number of nitrogens with one attached hydrogen (secondary N) is 3. The lowest BCUT2D eigenvalue weighted by Gasteiger charge is -2.34. The predicted octanol–water partition coefficient (Wildman–Crippen LogP) is 12.3. The number of halogens is 3. The quantitative estimate of drug-likeness (QED) is 0.0408. The Morgan fingerprint density at radius 1 is 0.461 bits per heavy atom. The zero-order valence-electron chi connectivity index (χ0n) is 50.2. The summed E-state index contributed by atoms with van der Waals surface area (Å²) in [7, 11) is 7.69. The minimum Gasteiger partial charge on any atom is -0.495 e. The highest BCUT2D eigenvalue weighted by Gasteiger charge is 2.46. The average Bonchev–Trinajstić information content (AvgIpc) is 2.40. The van der Waals surface area contributed by atoms with Crippen LogP contribution in [0.25, 0.3) is 0 Å². The van der Waals surface area contributed by atoms with Crippen LogP contribution >= 0.6 is 34.8 Å². The molecule has 0 radical (unpaired) electrons. The molecule has 0 bridgehead atoms. The van der Waals surface area contributed by atoms with E-state index in [1.807, 2.05) is 109 Å². The van der Waals surface area contributed by atoms with E-state index in [0.717, 1.165) is 159 Å². The van der Waals surface area contributed by atoms with Crippen molar-refractivity contribution in [2.75, 3.05) is 118 Å². The fraction of sp³-hybridized carbons (Fsp3) is 0.318. The van der Waals surface area contributed by atoms with Crippen LogP contribution < -0.4 is 46.7 Å². The van der Waals surface area contributed by atoms with Gasteiger partial charge in [0.05, 0.1) is 60.0 Å². The number of aromatic nitrogens is 6. The molecule has 3 aromatic heterocycles. The molecule has 3 saturated carbocycles. The molecule has 7 N–H and O–H groups in total. The van der Waals surface area contributed by atoms with Gasteiger partial charge in [0.1, 0.15) is 28.3 Å². The standard InChI is InChI=1S/C26H29N7O.C14H11ClN4.C12H19N3O.C10H10N2.C4H2Cl2N2/c1-32-12-14-33(15-13-32)22-7-6-21(17-23(22)34-2)30-25-28-11-8-24(31-25)29-20-5-3-4-19(16-20)26(18-27)9-10-26;15-13-17-7-4-12(19-13)18-11-3-1-2-10(8-11)14(9-16)5-6-14;1-14-5-7-15(8-6-14)11-4-3-10(13)9-12(11)16-2;11-7-10(4-5-10)8-2-1-3-9(12)6-8;5-3-1-2-7-4(6)8-3/h3-8,11,16-17H,9-10,12-15H2,1-2H3,(H2,28,29,30,31);1-4,7-8H,5-6H2,(H,17,18,19);3-4,9H,5-8,13H2,1-2H3;1-3,6H,4-5,12H2;1-2H. The highest BCUT2D eigenvalue weighted by Crippen LogP contribution is 2.50. The van der Waals surface area contributed by atoms with Crippen LogP contribution in [0.1, 0.15) is 55.2 Å². The molecule has 0 spiro atoms. The average molecular weight is 1250 g/mol. The SMILES string of the molecule is COc1cc(N)ccc1N1CCN(C)CC1.COc1cc(Nc2nccc(Nc3cccc(C4(C#N)CC4)c3)n2)ccc1N1CCN(C)CC1.Clc1ccnc(Cl)n1.N#CC1(c2cccc(N)c2)CC1.N#CC1(c2cccc(Nc3ccnc(Cl)n3)c2)CC1. The number of likely N-dealkylation sites (N-methyl/N-ethyl adjacent to an activating group) is 2. The van der Waals surface area contributed by atoms with E-state index in [0.29, 0.717) is 22.7 Å². The van der Waals surface area contributed by atoms with Crippen molar-refractivity contribution in [3.63, 3.8) is 0 Å². The number of nitrogens with two attached hydrogens (primary N) is 2. The first-order valence-electron chi connectivity index (χ1n) is 29.1. The molecule has 89 heavy (non-hydrogen) atoms. The second-order valence-electron chi connectivity index (χ2n) is 22.3. The molecule has 2 aliphatic heterocycles. The summed E-state index contributed by atoms with van der Waals surface area (Å²) in [6.45, 7) is 8.29. The van der Waals surface area contributed by atoms with Gasteiger partial charge in [0, 0.05) is 112 Å². The van der Waals surface area contributed by atoms with Gasteiger partial charge in [0.15, 0.2) is 0 Å². The van der Waals surface area contributed by atoms with Crippen molar-refractivity contribution in [3.8, 4) is 29.7 Å². The van der Waals surface area contributed by atoms with Gasteiger partial charge >= 0.3 is 0 Å². The molecule has 5 aliphatic rings. The number of nitrogen functional groups attached to an aromatic ring is 2. The van der Waals surface area contributed by atoms with E-state index in [2.05, 4.69) is 104 Å². The minimum absolute atomic E-state index is 0.178. The van der Waals surface area contributed by atoms with Crippen molar-refractivity contribution in [3.05, 3.63) is 178 Å². The van der Waals surface area contributed by atoms with Gasteiger partial charge in [-0.25, -0.2) is 24.9 Å². The Morgan fingerprint density at radius 2 is 0.888 bits per heavy atom. The number of nitriles is 3. The molecule has 2 saturated heterocycles. The summed E-state index contributed by atoms with van der Waals surface area (Å²) in [5, 5.41) is 38.2. The first-order chi connectivity index (χ1) is 43.1. The van der Waals surface area contributed by atoms with Crippen LogP contribution in [0.2, 0.25) is 15.7 Å². The van der Waals surface area contributed by atoms with Crippen LogP contribution in [0.3, 0.4) is 0 Å². The maximum absolute atomic E-state index is 9.49. The monoisotopic (exact) mass is 1250 g/mol. The number of nitrogens with zero attached hydrogens (tertiary/aromatic N) is 13. The van der Waals surface area contributed by atoms with Crippen LogP contribution in [-0.4, -0.2) is 120 Å². The van der Waals surface area contributed by atoms with Gasteiger partial charge in [0.2, 0.25) is 16.5 Å². The molecule has 20 nitrogen and oxygen atoms in total. The number of ether oxygens (including phenoxy) is 2. The van der Waals surface area contributed by atoms with Crippen molar-refractivity contribution < 1.29 is 9.47 Å². The van der Waals surface area contributed by atoms with Crippen molar-refractivity contribution in [2.24, 2.45) is 0 Å². The second-order valence-corrected chi connectivity index (χ2v) is 23.3. The van der Waals surface area contributed by atoms with E-state index in [-0.39, 0.29) is 26.8 Å². The third-order valence-corrected chi connectivity index (χ3v) is 16.5. The zero-order valence-corrected chi connectivity index (χ0v) is 52.4. The minimum atomic E-state index is -0.314. The Kier molecular flexibility index (Phi) is 21.4. The van der Waals surface area contributed by atoms with E-state index in [1.54, 1.807) is 38.7 Å². The molecule has 5 heterocycles. The molecule has 0 amide bonds. The highest BCUT2D eigenvalue weighted by atomic mass is 35.5. The van der Waals surface area contributed by atoms with E-state index in [4.69, 9.17) is 61.0 Å². The Labute approximate surface area is 535 Å². The fourth-order valence-corrected chi connectivity index (χ4v) is 10.6. The molecule has 3 aliphatic carbocycles. The molecule has 13 rings (SSSR count). The number of anilines is 10. The molecular formula is C66H71Cl3N18O2. The predicted molar refractivity (Wildman–Crippen MR) is 354 cm³/mol. The lowest BCUT2D eigenvalue weighted by atomic mass is 9.97. The zero-order chi connectivity index (χ0) is 63.0. The number of rotatable bonds is 13. The number of methoxy groups -OCH3 is 2. The summed E-state index contributed by atoms with van der Waals surface area (Å²) in [4.78, 5) is 33.5. The Bertz CT molecular complexity index is 3810. The van der Waals surface area contributed by atoms with E-state index in [1.165, 1.54) is 6.20 Å². The molecule has 458 valence electrons. The molecule has 23 heteroatoms. The summed E-state index contributed by atoms with van der Waals surface area (Å²) in [6, 6.07) is 47.8. The van der Waals surface area contributed by atoms with Crippen LogP contribution in [-0.2, 0) is 16.2 Å². The lowest BCUT2D eigenvalue weighted by molar-refractivity contribution is 0.311.